The predicted molar refractivity (Wildman–Crippen MR) is 85.7 cm³/mol. The lowest BCUT2D eigenvalue weighted by molar-refractivity contribution is 0.239. The average Bonchev–Trinajstić information content (AvgIpc) is 2.46. The summed E-state index contributed by atoms with van der Waals surface area (Å²) in [6.07, 6.45) is 1.12. The number of para-hydroxylation sites is 1. The Labute approximate surface area is 126 Å². The van der Waals surface area contributed by atoms with Gasteiger partial charge in [-0.15, -0.1) is 0 Å². The molecule has 0 fully saturated rings. The van der Waals surface area contributed by atoms with Gasteiger partial charge in [-0.3, -0.25) is 0 Å². The number of hydrogen-bond donors (Lipinski definition) is 2. The number of phenols is 1. The molecule has 2 N–H and O–H groups in total. The van der Waals surface area contributed by atoms with Gasteiger partial charge in [-0.1, -0.05) is 30.3 Å². The zero-order valence-corrected chi connectivity index (χ0v) is 12.7. The van der Waals surface area contributed by atoms with Crippen LogP contribution in [-0.4, -0.2) is 17.8 Å². The summed E-state index contributed by atoms with van der Waals surface area (Å²) in [5.74, 6) is 1.26. The molecule has 0 aliphatic carbocycles. The van der Waals surface area contributed by atoms with E-state index in [1.165, 1.54) is 11.1 Å². The quantitative estimate of drug-likeness (QED) is 0.765. The second kappa shape index (κ2) is 7.70. The van der Waals surface area contributed by atoms with Gasteiger partial charge in [0.05, 0.1) is 6.10 Å². The van der Waals surface area contributed by atoms with Gasteiger partial charge in [-0.2, -0.15) is 0 Å². The highest BCUT2D eigenvalue weighted by atomic mass is 16.5. The summed E-state index contributed by atoms with van der Waals surface area (Å²) in [7, 11) is 0. The first-order valence-corrected chi connectivity index (χ1v) is 7.38. The second-order valence-electron chi connectivity index (χ2n) is 5.37. The molecule has 2 aromatic rings. The zero-order chi connectivity index (χ0) is 15.1. The maximum atomic E-state index is 9.25. The third-order valence-electron chi connectivity index (χ3n) is 3.18. The van der Waals surface area contributed by atoms with Gasteiger partial charge in [0.1, 0.15) is 11.5 Å². The molecule has 0 amide bonds. The molecule has 0 aromatic heterocycles. The van der Waals surface area contributed by atoms with Gasteiger partial charge < -0.3 is 15.2 Å². The van der Waals surface area contributed by atoms with Gasteiger partial charge in [0.15, 0.2) is 0 Å². The molecule has 0 heterocycles. The first-order chi connectivity index (χ1) is 10.1. The molecule has 112 valence electrons. The molecule has 2 aromatic carbocycles. The minimum atomic E-state index is 0.183. The third-order valence-corrected chi connectivity index (χ3v) is 3.18. The van der Waals surface area contributed by atoms with Crippen molar-refractivity contribution in [3.05, 3.63) is 59.7 Å². The lowest BCUT2D eigenvalue weighted by Gasteiger charge is -2.14. The van der Waals surface area contributed by atoms with Crippen LogP contribution in [0.1, 0.15) is 25.0 Å². The van der Waals surface area contributed by atoms with Crippen LogP contribution in [0.15, 0.2) is 48.5 Å². The summed E-state index contributed by atoms with van der Waals surface area (Å²) in [6, 6.07) is 15.5. The molecule has 0 unspecified atom stereocenters. The van der Waals surface area contributed by atoms with Crippen molar-refractivity contribution in [2.45, 2.75) is 32.9 Å². The molecular weight excluding hydrogens is 262 g/mol. The maximum Gasteiger partial charge on any atom is 0.124 e. The van der Waals surface area contributed by atoms with E-state index in [-0.39, 0.29) is 6.10 Å². The van der Waals surface area contributed by atoms with E-state index in [2.05, 4.69) is 11.4 Å². The first-order valence-electron chi connectivity index (χ1n) is 7.38. The monoisotopic (exact) mass is 285 g/mol. The highest BCUT2D eigenvalue weighted by molar-refractivity contribution is 5.33. The summed E-state index contributed by atoms with van der Waals surface area (Å²) in [5.41, 5.74) is 2.39. The first kappa shape index (κ1) is 15.4. The average molecular weight is 285 g/mol. The standard InChI is InChI=1S/C18H23NO2/c1-14(2)21-18-6-4-3-5-16(18)13-19-12-11-15-7-9-17(20)10-8-15/h3-10,14,19-20H,11-13H2,1-2H3. The molecule has 0 bridgehead atoms. The molecule has 0 radical (unpaired) electrons. The van der Waals surface area contributed by atoms with Crippen molar-refractivity contribution >= 4 is 0 Å². The van der Waals surface area contributed by atoms with E-state index in [1.54, 1.807) is 12.1 Å². The van der Waals surface area contributed by atoms with Crippen LogP contribution in [0, 0.1) is 0 Å². The minimum Gasteiger partial charge on any atom is -0.508 e. The number of ether oxygens (including phenoxy) is 1. The molecular formula is C18H23NO2. The Morgan fingerprint density at radius 2 is 1.76 bits per heavy atom. The number of benzene rings is 2. The van der Waals surface area contributed by atoms with E-state index in [0.29, 0.717) is 5.75 Å². The van der Waals surface area contributed by atoms with Crippen molar-refractivity contribution in [1.29, 1.82) is 0 Å². The molecule has 0 atom stereocenters. The van der Waals surface area contributed by atoms with Crippen LogP contribution in [0.25, 0.3) is 0 Å². The van der Waals surface area contributed by atoms with Crippen molar-refractivity contribution in [2.24, 2.45) is 0 Å². The van der Waals surface area contributed by atoms with Crippen molar-refractivity contribution in [3.8, 4) is 11.5 Å². The summed E-state index contributed by atoms with van der Waals surface area (Å²) in [4.78, 5) is 0. The normalized spacial score (nSPS) is 10.8. The number of hydrogen-bond acceptors (Lipinski definition) is 3. The molecule has 0 saturated carbocycles. The number of nitrogens with one attached hydrogen (secondary N) is 1. The second-order valence-corrected chi connectivity index (χ2v) is 5.37. The molecule has 3 heteroatoms. The third kappa shape index (κ3) is 5.12. The van der Waals surface area contributed by atoms with Crippen LogP contribution < -0.4 is 10.1 Å². The molecule has 21 heavy (non-hydrogen) atoms. The van der Waals surface area contributed by atoms with E-state index in [0.717, 1.165) is 25.3 Å². The summed E-state index contributed by atoms with van der Waals surface area (Å²) in [6.45, 7) is 5.76. The Balaban J connectivity index is 1.82. The van der Waals surface area contributed by atoms with E-state index < -0.39 is 0 Å². The Hall–Kier alpha value is -2.00. The fraction of sp³-hybridized carbons (Fsp3) is 0.333. The predicted octanol–water partition coefficient (Wildman–Crippen LogP) is 3.51. The van der Waals surface area contributed by atoms with Crippen LogP contribution in [0.2, 0.25) is 0 Å². The molecule has 0 spiro atoms. The van der Waals surface area contributed by atoms with Gasteiger partial charge in [0, 0.05) is 12.1 Å². The fourth-order valence-electron chi connectivity index (χ4n) is 2.14. The fourth-order valence-corrected chi connectivity index (χ4v) is 2.14. The summed E-state index contributed by atoms with van der Waals surface area (Å²) in [5, 5.41) is 12.7. The van der Waals surface area contributed by atoms with Gasteiger partial charge >= 0.3 is 0 Å². The highest BCUT2D eigenvalue weighted by Crippen LogP contribution is 2.19. The minimum absolute atomic E-state index is 0.183. The molecule has 0 aliphatic heterocycles. The van der Waals surface area contributed by atoms with Gasteiger partial charge in [-0.05, 0) is 50.6 Å². The van der Waals surface area contributed by atoms with E-state index >= 15 is 0 Å². The number of phenolic OH excluding ortho intramolecular Hbond substituents is 1. The maximum absolute atomic E-state index is 9.25. The van der Waals surface area contributed by atoms with Crippen LogP contribution in [-0.2, 0) is 13.0 Å². The van der Waals surface area contributed by atoms with E-state index in [4.69, 9.17) is 4.74 Å². The van der Waals surface area contributed by atoms with Crippen molar-refractivity contribution in [1.82, 2.24) is 5.32 Å². The van der Waals surface area contributed by atoms with Crippen molar-refractivity contribution in [2.75, 3.05) is 6.54 Å². The Morgan fingerprint density at radius 3 is 2.48 bits per heavy atom. The van der Waals surface area contributed by atoms with Crippen LogP contribution in [0.5, 0.6) is 11.5 Å². The Morgan fingerprint density at radius 1 is 1.05 bits per heavy atom. The van der Waals surface area contributed by atoms with Crippen molar-refractivity contribution in [3.63, 3.8) is 0 Å². The number of aromatic hydroxyl groups is 1. The van der Waals surface area contributed by atoms with Gasteiger partial charge in [-0.25, -0.2) is 0 Å². The smallest absolute Gasteiger partial charge is 0.124 e. The molecule has 3 nitrogen and oxygen atoms in total. The topological polar surface area (TPSA) is 41.5 Å². The van der Waals surface area contributed by atoms with Crippen molar-refractivity contribution < 1.29 is 9.84 Å². The lowest BCUT2D eigenvalue weighted by atomic mass is 10.1. The Bertz CT molecular complexity index is 549. The van der Waals surface area contributed by atoms with E-state index in [9.17, 15) is 5.11 Å². The number of rotatable bonds is 7. The molecule has 0 saturated heterocycles. The Kier molecular flexibility index (Phi) is 5.64. The van der Waals surface area contributed by atoms with Gasteiger partial charge in [0.25, 0.3) is 0 Å². The van der Waals surface area contributed by atoms with Gasteiger partial charge in [0.2, 0.25) is 0 Å². The van der Waals surface area contributed by atoms with E-state index in [1.807, 2.05) is 44.2 Å². The largest absolute Gasteiger partial charge is 0.508 e. The summed E-state index contributed by atoms with van der Waals surface area (Å²) < 4.78 is 5.81. The van der Waals surface area contributed by atoms with Crippen LogP contribution in [0.3, 0.4) is 0 Å². The highest BCUT2D eigenvalue weighted by Gasteiger charge is 2.04. The SMILES string of the molecule is CC(C)Oc1ccccc1CNCCc1ccc(O)cc1. The molecule has 2 rings (SSSR count). The zero-order valence-electron chi connectivity index (χ0n) is 12.7. The van der Waals surface area contributed by atoms with Crippen LogP contribution in [0.4, 0.5) is 0 Å². The summed E-state index contributed by atoms with van der Waals surface area (Å²) >= 11 is 0. The lowest BCUT2D eigenvalue weighted by Crippen LogP contribution is -2.18. The molecule has 0 aliphatic rings. The van der Waals surface area contributed by atoms with Crippen LogP contribution >= 0.6 is 0 Å².